The van der Waals surface area contributed by atoms with Crippen molar-refractivity contribution >= 4 is 33.4 Å². The molecule has 0 aliphatic rings. The maximum absolute atomic E-state index is 7.66. The predicted molar refractivity (Wildman–Crippen MR) is 81.7 cm³/mol. The number of nitrogen functional groups attached to an aromatic ring is 1. The zero-order valence-corrected chi connectivity index (χ0v) is 13.2. The molecule has 0 fully saturated rings. The van der Waals surface area contributed by atoms with Crippen LogP contribution < -0.4 is 10.5 Å². The number of benzene rings is 1. The Morgan fingerprint density at radius 2 is 2.05 bits per heavy atom. The Morgan fingerprint density at radius 3 is 2.65 bits per heavy atom. The van der Waals surface area contributed by atoms with E-state index in [0.29, 0.717) is 26.5 Å². The van der Waals surface area contributed by atoms with Gasteiger partial charge in [-0.15, -0.1) is 5.10 Å². The number of halogens is 2. The summed E-state index contributed by atoms with van der Waals surface area (Å²) in [7, 11) is 0. The highest BCUT2D eigenvalue weighted by atomic mass is 79.9. The standard InChI is InChI=1S/C13H12BrClN4O/c1-6-7(2)18-19-13(11(6)12(16)17)20-10-4-3-8(15)5-9(10)14/h3-5H,1-2H3,(H3,16,17). The van der Waals surface area contributed by atoms with Crippen molar-refractivity contribution in [2.45, 2.75) is 13.8 Å². The van der Waals surface area contributed by atoms with Gasteiger partial charge in [0.1, 0.15) is 11.6 Å². The minimum Gasteiger partial charge on any atom is -0.436 e. The first kappa shape index (κ1) is 14.7. The molecular weight excluding hydrogens is 344 g/mol. The summed E-state index contributed by atoms with van der Waals surface area (Å²) in [5.74, 6) is 0.610. The van der Waals surface area contributed by atoms with E-state index in [1.165, 1.54) is 0 Å². The van der Waals surface area contributed by atoms with Crippen molar-refractivity contribution in [2.24, 2.45) is 5.73 Å². The molecule has 7 heteroatoms. The van der Waals surface area contributed by atoms with E-state index in [-0.39, 0.29) is 11.7 Å². The lowest BCUT2D eigenvalue weighted by atomic mass is 10.1. The normalized spacial score (nSPS) is 10.4. The van der Waals surface area contributed by atoms with Crippen LogP contribution in [0.5, 0.6) is 11.6 Å². The molecule has 0 amide bonds. The topological polar surface area (TPSA) is 84.9 Å². The van der Waals surface area contributed by atoms with Crippen molar-refractivity contribution in [3.8, 4) is 11.6 Å². The second kappa shape index (κ2) is 5.76. The second-order valence-corrected chi connectivity index (χ2v) is 5.47. The average molecular weight is 356 g/mol. The minimum atomic E-state index is -0.111. The Hall–Kier alpha value is -1.66. The zero-order valence-electron chi connectivity index (χ0n) is 10.9. The molecule has 1 heterocycles. The summed E-state index contributed by atoms with van der Waals surface area (Å²) in [6.45, 7) is 3.63. The summed E-state index contributed by atoms with van der Waals surface area (Å²) in [5, 5.41) is 16.2. The molecule has 0 aliphatic carbocycles. The molecule has 1 aromatic heterocycles. The van der Waals surface area contributed by atoms with Gasteiger partial charge >= 0.3 is 0 Å². The van der Waals surface area contributed by atoms with Gasteiger partial charge in [0.25, 0.3) is 0 Å². The van der Waals surface area contributed by atoms with E-state index in [9.17, 15) is 0 Å². The number of ether oxygens (including phenoxy) is 1. The SMILES string of the molecule is Cc1nnc(Oc2ccc(Cl)cc2Br)c(C(=N)N)c1C. The molecule has 0 bridgehead atoms. The van der Waals surface area contributed by atoms with Crippen LogP contribution in [0.25, 0.3) is 0 Å². The summed E-state index contributed by atoms with van der Waals surface area (Å²) in [6.07, 6.45) is 0. The molecule has 0 spiro atoms. The van der Waals surface area contributed by atoms with Crippen LogP contribution in [-0.4, -0.2) is 16.0 Å². The lowest BCUT2D eigenvalue weighted by Gasteiger charge is -2.13. The van der Waals surface area contributed by atoms with Crippen molar-refractivity contribution < 1.29 is 4.74 Å². The third-order valence-electron chi connectivity index (χ3n) is 2.79. The highest BCUT2D eigenvalue weighted by molar-refractivity contribution is 9.10. The van der Waals surface area contributed by atoms with Gasteiger partial charge in [0.2, 0.25) is 5.88 Å². The molecule has 2 rings (SSSR count). The zero-order chi connectivity index (χ0) is 14.9. The first-order valence-corrected chi connectivity index (χ1v) is 6.88. The number of nitrogens with zero attached hydrogens (tertiary/aromatic N) is 2. The number of rotatable bonds is 3. The van der Waals surface area contributed by atoms with Crippen molar-refractivity contribution in [1.29, 1.82) is 5.41 Å². The van der Waals surface area contributed by atoms with Crippen molar-refractivity contribution in [3.63, 3.8) is 0 Å². The highest BCUT2D eigenvalue weighted by Crippen LogP contribution is 2.33. The van der Waals surface area contributed by atoms with Crippen LogP contribution >= 0.6 is 27.5 Å². The summed E-state index contributed by atoms with van der Waals surface area (Å²) >= 11 is 9.24. The predicted octanol–water partition coefficient (Wildman–Crippen LogP) is 3.59. The van der Waals surface area contributed by atoms with Gasteiger partial charge in [-0.1, -0.05) is 11.6 Å². The van der Waals surface area contributed by atoms with Crippen LogP contribution in [0.4, 0.5) is 0 Å². The van der Waals surface area contributed by atoms with Crippen LogP contribution in [0.15, 0.2) is 22.7 Å². The third kappa shape index (κ3) is 2.91. The van der Waals surface area contributed by atoms with Crippen molar-refractivity contribution in [2.75, 3.05) is 0 Å². The molecular formula is C13H12BrClN4O. The Balaban J connectivity index is 2.48. The van der Waals surface area contributed by atoms with Gasteiger partial charge in [0.15, 0.2) is 0 Å². The number of aromatic nitrogens is 2. The fraction of sp³-hybridized carbons (Fsp3) is 0.154. The molecule has 0 atom stereocenters. The van der Waals surface area contributed by atoms with E-state index in [2.05, 4.69) is 26.1 Å². The van der Waals surface area contributed by atoms with Gasteiger partial charge < -0.3 is 10.5 Å². The van der Waals surface area contributed by atoms with Gasteiger partial charge in [-0.25, -0.2) is 0 Å². The fourth-order valence-electron chi connectivity index (χ4n) is 1.64. The Morgan fingerprint density at radius 1 is 1.35 bits per heavy atom. The molecule has 0 aliphatic heterocycles. The summed E-state index contributed by atoms with van der Waals surface area (Å²) in [4.78, 5) is 0. The van der Waals surface area contributed by atoms with Gasteiger partial charge in [-0.05, 0) is 53.5 Å². The van der Waals surface area contributed by atoms with Gasteiger partial charge in [0.05, 0.1) is 15.7 Å². The number of hydrogen-bond donors (Lipinski definition) is 2. The van der Waals surface area contributed by atoms with Gasteiger partial charge in [-0.3, -0.25) is 5.41 Å². The number of aryl methyl sites for hydroxylation is 1. The monoisotopic (exact) mass is 354 g/mol. The van der Waals surface area contributed by atoms with E-state index in [0.717, 1.165) is 5.56 Å². The Bertz CT molecular complexity index is 690. The molecule has 104 valence electrons. The smallest absolute Gasteiger partial charge is 0.250 e. The number of amidine groups is 1. The molecule has 3 N–H and O–H groups in total. The minimum absolute atomic E-state index is 0.111. The van der Waals surface area contributed by atoms with Crippen molar-refractivity contribution in [3.05, 3.63) is 44.5 Å². The molecule has 1 aromatic carbocycles. The van der Waals surface area contributed by atoms with Gasteiger partial charge in [-0.2, -0.15) is 5.10 Å². The van der Waals surface area contributed by atoms with Crippen LogP contribution in [0.1, 0.15) is 16.8 Å². The number of nitrogens with two attached hydrogens (primary N) is 1. The molecule has 0 radical (unpaired) electrons. The molecule has 0 saturated heterocycles. The van der Waals surface area contributed by atoms with E-state index < -0.39 is 0 Å². The quantitative estimate of drug-likeness (QED) is 0.651. The van der Waals surface area contributed by atoms with E-state index in [4.69, 9.17) is 27.5 Å². The summed E-state index contributed by atoms with van der Waals surface area (Å²) in [5.41, 5.74) is 7.52. The van der Waals surface area contributed by atoms with E-state index >= 15 is 0 Å². The molecule has 2 aromatic rings. The van der Waals surface area contributed by atoms with Crippen LogP contribution in [0.3, 0.4) is 0 Å². The lowest BCUT2D eigenvalue weighted by Crippen LogP contribution is -2.16. The van der Waals surface area contributed by atoms with Crippen molar-refractivity contribution in [1.82, 2.24) is 10.2 Å². The number of hydrogen-bond acceptors (Lipinski definition) is 4. The first-order valence-electron chi connectivity index (χ1n) is 5.71. The number of nitrogens with one attached hydrogen (secondary N) is 1. The first-order chi connectivity index (χ1) is 9.40. The summed E-state index contributed by atoms with van der Waals surface area (Å²) in [6, 6.07) is 5.11. The largest absolute Gasteiger partial charge is 0.436 e. The molecule has 5 nitrogen and oxygen atoms in total. The fourth-order valence-corrected chi connectivity index (χ4v) is 2.40. The van der Waals surface area contributed by atoms with Gasteiger partial charge in [0, 0.05) is 5.02 Å². The summed E-state index contributed by atoms with van der Waals surface area (Å²) < 4.78 is 6.37. The maximum atomic E-state index is 7.66. The van der Waals surface area contributed by atoms with E-state index in [1.54, 1.807) is 25.1 Å². The van der Waals surface area contributed by atoms with Crippen LogP contribution in [-0.2, 0) is 0 Å². The molecule has 20 heavy (non-hydrogen) atoms. The maximum Gasteiger partial charge on any atom is 0.250 e. The van der Waals surface area contributed by atoms with E-state index in [1.807, 2.05) is 6.92 Å². The average Bonchev–Trinajstić information content (AvgIpc) is 2.36. The third-order valence-corrected chi connectivity index (χ3v) is 3.65. The van der Waals surface area contributed by atoms with Crippen LogP contribution in [0, 0.1) is 19.3 Å². The Kier molecular flexibility index (Phi) is 4.25. The second-order valence-electron chi connectivity index (χ2n) is 4.18. The highest BCUT2D eigenvalue weighted by Gasteiger charge is 2.16. The lowest BCUT2D eigenvalue weighted by molar-refractivity contribution is 0.449. The molecule has 0 unspecified atom stereocenters. The van der Waals surface area contributed by atoms with Crippen LogP contribution in [0.2, 0.25) is 5.02 Å². The Labute approximate surface area is 129 Å². The molecule has 0 saturated carbocycles.